The van der Waals surface area contributed by atoms with E-state index in [1.807, 2.05) is 54.6 Å². The van der Waals surface area contributed by atoms with E-state index in [-0.39, 0.29) is 18.1 Å². The molecule has 1 heterocycles. The molecule has 2 aromatic carbocycles. The lowest BCUT2D eigenvalue weighted by Gasteiger charge is -2.16. The predicted molar refractivity (Wildman–Crippen MR) is 116 cm³/mol. The molecule has 1 atom stereocenters. The van der Waals surface area contributed by atoms with Crippen LogP contribution in [-0.4, -0.2) is 35.8 Å². The van der Waals surface area contributed by atoms with Crippen LogP contribution in [0.4, 0.5) is 0 Å². The smallest absolute Gasteiger partial charge is 0.303 e. The second-order valence-electron chi connectivity index (χ2n) is 7.16. The number of carbonyl (C=O) groups excluding carboxylic acids is 1. The van der Waals surface area contributed by atoms with E-state index >= 15 is 0 Å². The Labute approximate surface area is 176 Å². The minimum Gasteiger partial charge on any atom is -0.494 e. The number of aliphatic carboxylic acids is 1. The molecule has 3 rings (SSSR count). The molecular formula is C24H26N2O4. The van der Waals surface area contributed by atoms with Crippen molar-refractivity contribution in [2.75, 3.05) is 13.2 Å². The monoisotopic (exact) mass is 406 g/mol. The number of hydrogen-bond acceptors (Lipinski definition) is 4. The van der Waals surface area contributed by atoms with E-state index in [1.54, 1.807) is 12.3 Å². The molecule has 0 bridgehead atoms. The van der Waals surface area contributed by atoms with Gasteiger partial charge in [0, 0.05) is 19.4 Å². The van der Waals surface area contributed by atoms with Gasteiger partial charge in [0.25, 0.3) is 0 Å². The fraction of sp³-hybridized carbons (Fsp3) is 0.292. The first-order valence-corrected chi connectivity index (χ1v) is 10.1. The third kappa shape index (κ3) is 6.58. The molecule has 0 spiro atoms. The van der Waals surface area contributed by atoms with Crippen LogP contribution in [0, 0.1) is 0 Å². The average molecular weight is 406 g/mol. The first kappa shape index (κ1) is 21.3. The Kier molecular flexibility index (Phi) is 7.78. The molecule has 30 heavy (non-hydrogen) atoms. The van der Waals surface area contributed by atoms with Crippen molar-refractivity contribution in [3.05, 3.63) is 78.0 Å². The van der Waals surface area contributed by atoms with Crippen molar-refractivity contribution in [1.29, 1.82) is 0 Å². The maximum atomic E-state index is 11.6. The molecule has 6 heteroatoms. The number of carboxylic acid groups (broad SMARTS) is 1. The van der Waals surface area contributed by atoms with Crippen LogP contribution in [0.2, 0.25) is 0 Å². The summed E-state index contributed by atoms with van der Waals surface area (Å²) in [5.74, 6) is 0.312. The molecule has 0 fully saturated rings. The number of carboxylic acids is 1. The molecule has 6 nitrogen and oxygen atoms in total. The summed E-state index contributed by atoms with van der Waals surface area (Å²) in [6.45, 7) is 1.03. The van der Waals surface area contributed by atoms with Crippen molar-refractivity contribution in [3.63, 3.8) is 0 Å². The van der Waals surface area contributed by atoms with Gasteiger partial charge in [0.15, 0.2) is 5.84 Å². The fourth-order valence-electron chi connectivity index (χ4n) is 3.31. The molecule has 0 aromatic heterocycles. The van der Waals surface area contributed by atoms with Crippen LogP contribution in [0.25, 0.3) is 0 Å². The number of nitrogens with zero attached hydrogens (tertiary/aromatic N) is 1. The van der Waals surface area contributed by atoms with Gasteiger partial charge < -0.3 is 15.2 Å². The van der Waals surface area contributed by atoms with Gasteiger partial charge in [-0.2, -0.15) is 0 Å². The SMILES string of the molecule is O=C(O)CC(Cc1ccc(OCCCN=C2NC=CCC2=O)cc1)c1ccccc1. The van der Waals surface area contributed by atoms with Crippen LogP contribution in [0.3, 0.4) is 0 Å². The topological polar surface area (TPSA) is 88.0 Å². The van der Waals surface area contributed by atoms with Gasteiger partial charge in [0.1, 0.15) is 5.75 Å². The number of carbonyl (C=O) groups is 2. The highest BCUT2D eigenvalue weighted by Gasteiger charge is 2.16. The maximum absolute atomic E-state index is 11.6. The van der Waals surface area contributed by atoms with Gasteiger partial charge in [-0.1, -0.05) is 48.5 Å². The van der Waals surface area contributed by atoms with Gasteiger partial charge in [-0.25, -0.2) is 0 Å². The lowest BCUT2D eigenvalue weighted by molar-refractivity contribution is -0.137. The molecule has 1 unspecified atom stereocenters. The van der Waals surface area contributed by atoms with E-state index in [1.165, 1.54) is 0 Å². The normalized spacial score (nSPS) is 15.6. The maximum Gasteiger partial charge on any atom is 0.303 e. The number of aliphatic imine (C=N–C) groups is 1. The van der Waals surface area contributed by atoms with Gasteiger partial charge in [-0.05, 0) is 41.8 Å². The number of hydrogen-bond donors (Lipinski definition) is 2. The number of ether oxygens (including phenoxy) is 1. The lowest BCUT2D eigenvalue weighted by Crippen LogP contribution is -2.30. The molecule has 0 aliphatic carbocycles. The highest BCUT2D eigenvalue weighted by atomic mass is 16.5. The minimum absolute atomic E-state index is 0.00529. The second-order valence-corrected chi connectivity index (χ2v) is 7.16. The van der Waals surface area contributed by atoms with Crippen molar-refractivity contribution in [3.8, 4) is 5.75 Å². The Hall–Kier alpha value is -3.41. The Bertz CT molecular complexity index is 905. The van der Waals surface area contributed by atoms with E-state index < -0.39 is 5.97 Å². The number of allylic oxidation sites excluding steroid dienone is 1. The molecule has 0 saturated heterocycles. The van der Waals surface area contributed by atoms with Crippen LogP contribution < -0.4 is 10.1 Å². The van der Waals surface area contributed by atoms with Crippen LogP contribution >= 0.6 is 0 Å². The highest BCUT2D eigenvalue weighted by Crippen LogP contribution is 2.25. The zero-order valence-corrected chi connectivity index (χ0v) is 16.8. The largest absolute Gasteiger partial charge is 0.494 e. The summed E-state index contributed by atoms with van der Waals surface area (Å²) in [5.41, 5.74) is 2.10. The molecule has 0 radical (unpaired) electrons. The van der Waals surface area contributed by atoms with Crippen molar-refractivity contribution >= 4 is 17.6 Å². The van der Waals surface area contributed by atoms with E-state index in [2.05, 4.69) is 10.3 Å². The Morgan fingerprint density at radius 1 is 1.13 bits per heavy atom. The molecule has 1 aliphatic rings. The minimum atomic E-state index is -0.798. The van der Waals surface area contributed by atoms with Gasteiger partial charge >= 0.3 is 5.97 Å². The number of rotatable bonds is 10. The van der Waals surface area contributed by atoms with E-state index in [9.17, 15) is 14.7 Å². The second kappa shape index (κ2) is 11.0. The number of benzene rings is 2. The van der Waals surface area contributed by atoms with Gasteiger partial charge in [0.05, 0.1) is 13.0 Å². The van der Waals surface area contributed by atoms with Crippen molar-refractivity contribution in [1.82, 2.24) is 5.32 Å². The van der Waals surface area contributed by atoms with E-state index in [0.29, 0.717) is 38.2 Å². The van der Waals surface area contributed by atoms with Crippen molar-refractivity contribution in [2.45, 2.75) is 31.6 Å². The Morgan fingerprint density at radius 2 is 1.90 bits per heavy atom. The molecule has 156 valence electrons. The average Bonchev–Trinajstić information content (AvgIpc) is 2.76. The van der Waals surface area contributed by atoms with Crippen LogP contribution in [0.5, 0.6) is 5.75 Å². The fourth-order valence-corrected chi connectivity index (χ4v) is 3.31. The number of Topliss-reactive ketones (excluding diaryl/α,β-unsaturated/α-hetero) is 1. The van der Waals surface area contributed by atoms with Gasteiger partial charge in [-0.15, -0.1) is 0 Å². The van der Waals surface area contributed by atoms with Gasteiger partial charge in [0.2, 0.25) is 5.78 Å². The summed E-state index contributed by atoms with van der Waals surface area (Å²) in [6.07, 6.45) is 5.36. The lowest BCUT2D eigenvalue weighted by atomic mass is 9.89. The quantitative estimate of drug-likeness (QED) is 0.587. The predicted octanol–water partition coefficient (Wildman–Crippen LogP) is 3.73. The van der Waals surface area contributed by atoms with Crippen LogP contribution in [0.15, 0.2) is 71.9 Å². The number of ketones is 1. The third-order valence-corrected chi connectivity index (χ3v) is 4.84. The summed E-state index contributed by atoms with van der Waals surface area (Å²) in [6, 6.07) is 17.5. The van der Waals surface area contributed by atoms with Crippen molar-refractivity contribution in [2.24, 2.45) is 4.99 Å². The van der Waals surface area contributed by atoms with Crippen LogP contribution in [0.1, 0.15) is 36.3 Å². The number of amidine groups is 1. The van der Waals surface area contributed by atoms with Gasteiger partial charge in [-0.3, -0.25) is 14.6 Å². The first-order valence-electron chi connectivity index (χ1n) is 10.1. The summed E-state index contributed by atoms with van der Waals surface area (Å²) in [4.78, 5) is 27.2. The molecule has 0 amide bonds. The molecule has 0 saturated carbocycles. The highest BCUT2D eigenvalue weighted by molar-refractivity contribution is 6.40. The zero-order chi connectivity index (χ0) is 21.2. The first-order chi connectivity index (χ1) is 14.6. The zero-order valence-electron chi connectivity index (χ0n) is 16.8. The Balaban J connectivity index is 1.48. The van der Waals surface area contributed by atoms with Crippen LogP contribution in [-0.2, 0) is 16.0 Å². The van der Waals surface area contributed by atoms with E-state index in [4.69, 9.17) is 4.74 Å². The molecular weight excluding hydrogens is 380 g/mol. The van der Waals surface area contributed by atoms with E-state index in [0.717, 1.165) is 16.9 Å². The summed E-state index contributed by atoms with van der Waals surface area (Å²) < 4.78 is 5.75. The summed E-state index contributed by atoms with van der Waals surface area (Å²) >= 11 is 0. The molecule has 1 aliphatic heterocycles. The molecule has 2 N–H and O–H groups in total. The van der Waals surface area contributed by atoms with Crippen molar-refractivity contribution < 1.29 is 19.4 Å². The summed E-state index contributed by atoms with van der Waals surface area (Å²) in [5, 5.41) is 12.1. The third-order valence-electron chi connectivity index (χ3n) is 4.84. The Morgan fingerprint density at radius 3 is 2.60 bits per heavy atom. The number of nitrogens with one attached hydrogen (secondary N) is 1. The standard InChI is InChI=1S/C24H26N2O4/c27-22-8-4-13-25-24(22)26-14-5-15-30-21-11-9-18(10-12-21)16-20(17-23(28)29)19-6-2-1-3-7-19/h1-4,6-7,9-13,20H,5,8,14-17H2,(H,25,26)(H,28,29). The summed E-state index contributed by atoms with van der Waals surface area (Å²) in [7, 11) is 0. The molecule has 2 aromatic rings.